The van der Waals surface area contributed by atoms with Crippen LogP contribution >= 0.6 is 0 Å². The van der Waals surface area contributed by atoms with Gasteiger partial charge >= 0.3 is 18.0 Å². The molecule has 1 unspecified atom stereocenters. The third-order valence-corrected chi connectivity index (χ3v) is 4.68. The minimum absolute atomic E-state index is 0.0833. The van der Waals surface area contributed by atoms with Crippen LogP contribution in [0.25, 0.3) is 6.08 Å². The van der Waals surface area contributed by atoms with Crippen molar-refractivity contribution in [3.05, 3.63) is 65.3 Å². The second kappa shape index (κ2) is 10.9. The van der Waals surface area contributed by atoms with Gasteiger partial charge in [-0.05, 0) is 37.3 Å². The second-order valence-corrected chi connectivity index (χ2v) is 6.71. The highest BCUT2D eigenvalue weighted by Crippen LogP contribution is 2.28. The lowest BCUT2D eigenvalue weighted by Crippen LogP contribution is -2.47. The molecule has 10 nitrogen and oxygen atoms in total. The molecule has 2 heterocycles. The third-order valence-electron chi connectivity index (χ3n) is 4.68. The number of methoxy groups -OCH3 is 2. The number of ether oxygens (including phenoxy) is 4. The number of benzene rings is 1. The second-order valence-electron chi connectivity index (χ2n) is 6.71. The van der Waals surface area contributed by atoms with Crippen LogP contribution < -0.4 is 20.1 Å². The predicted octanol–water partition coefficient (Wildman–Crippen LogP) is 2.72. The summed E-state index contributed by atoms with van der Waals surface area (Å²) in [5, 5.41) is 5.12. The first-order valence-electron chi connectivity index (χ1n) is 10.0. The summed E-state index contributed by atoms with van der Waals surface area (Å²) in [6.45, 7) is 1.43. The molecular formula is C23H24N2O8. The number of furan rings is 1. The number of amides is 2. The maximum atomic E-state index is 12.6. The van der Waals surface area contributed by atoms with Crippen LogP contribution in [0.5, 0.6) is 11.5 Å². The van der Waals surface area contributed by atoms with E-state index in [1.807, 2.05) is 0 Å². The zero-order chi connectivity index (χ0) is 23.8. The summed E-state index contributed by atoms with van der Waals surface area (Å²) in [5.41, 5.74) is 0.817. The average molecular weight is 456 g/mol. The van der Waals surface area contributed by atoms with Gasteiger partial charge in [-0.15, -0.1) is 0 Å². The average Bonchev–Trinajstić information content (AvgIpc) is 3.36. The van der Waals surface area contributed by atoms with Gasteiger partial charge < -0.3 is 34.0 Å². The molecule has 10 heteroatoms. The van der Waals surface area contributed by atoms with Crippen LogP contribution in [0.3, 0.4) is 0 Å². The Balaban J connectivity index is 1.78. The molecule has 0 aliphatic carbocycles. The highest BCUT2D eigenvalue weighted by Gasteiger charge is 2.35. The van der Waals surface area contributed by atoms with Crippen LogP contribution in [0.2, 0.25) is 0 Å². The molecule has 1 aromatic carbocycles. The fourth-order valence-corrected chi connectivity index (χ4v) is 3.16. The molecule has 33 heavy (non-hydrogen) atoms. The van der Waals surface area contributed by atoms with Gasteiger partial charge in [-0.25, -0.2) is 14.4 Å². The van der Waals surface area contributed by atoms with Crippen LogP contribution in [0.1, 0.15) is 24.3 Å². The van der Waals surface area contributed by atoms with E-state index in [1.165, 1.54) is 32.6 Å². The Morgan fingerprint density at radius 1 is 1.15 bits per heavy atom. The summed E-state index contributed by atoms with van der Waals surface area (Å²) < 4.78 is 26.2. The van der Waals surface area contributed by atoms with E-state index in [4.69, 9.17) is 23.4 Å². The minimum Gasteiger partial charge on any atom is -0.497 e. The smallest absolute Gasteiger partial charge is 0.338 e. The van der Waals surface area contributed by atoms with Crippen LogP contribution in [0, 0.1) is 0 Å². The van der Waals surface area contributed by atoms with Crippen molar-refractivity contribution in [1.29, 1.82) is 0 Å². The van der Waals surface area contributed by atoms with Crippen molar-refractivity contribution in [2.45, 2.75) is 13.0 Å². The zero-order valence-electron chi connectivity index (χ0n) is 18.4. The zero-order valence-corrected chi connectivity index (χ0v) is 18.4. The highest BCUT2D eigenvalue weighted by atomic mass is 16.5. The van der Waals surface area contributed by atoms with Crippen molar-refractivity contribution in [2.24, 2.45) is 0 Å². The molecule has 0 radical (unpaired) electrons. The van der Waals surface area contributed by atoms with Crippen molar-refractivity contribution in [3.63, 3.8) is 0 Å². The summed E-state index contributed by atoms with van der Waals surface area (Å²) in [6, 6.07) is 6.91. The molecule has 2 N–H and O–H groups in total. The number of hydrogen-bond acceptors (Lipinski definition) is 8. The van der Waals surface area contributed by atoms with Crippen molar-refractivity contribution in [3.8, 4) is 11.5 Å². The Kier molecular flexibility index (Phi) is 7.74. The Hall–Kier alpha value is -4.21. The summed E-state index contributed by atoms with van der Waals surface area (Å²) in [6.07, 6.45) is 4.15. The molecule has 1 aliphatic heterocycles. The third kappa shape index (κ3) is 5.73. The molecule has 0 saturated heterocycles. The Labute approximate surface area is 190 Å². The fourth-order valence-electron chi connectivity index (χ4n) is 3.16. The van der Waals surface area contributed by atoms with E-state index in [2.05, 4.69) is 10.6 Å². The quantitative estimate of drug-likeness (QED) is 0.436. The lowest BCUT2D eigenvalue weighted by atomic mass is 10.0. The number of rotatable bonds is 9. The van der Waals surface area contributed by atoms with E-state index in [0.29, 0.717) is 22.8 Å². The first-order valence-corrected chi connectivity index (χ1v) is 10.0. The van der Waals surface area contributed by atoms with E-state index < -0.39 is 24.0 Å². The van der Waals surface area contributed by atoms with Gasteiger partial charge in [0.2, 0.25) is 0 Å². The van der Waals surface area contributed by atoms with Gasteiger partial charge in [0.25, 0.3) is 0 Å². The van der Waals surface area contributed by atoms with Crippen molar-refractivity contribution in [2.75, 3.05) is 27.4 Å². The number of nitrogens with one attached hydrogen (secondary N) is 2. The number of esters is 2. The van der Waals surface area contributed by atoms with Gasteiger partial charge in [0.1, 0.15) is 29.9 Å². The summed E-state index contributed by atoms with van der Waals surface area (Å²) in [7, 11) is 3.04. The normalized spacial score (nSPS) is 15.6. The van der Waals surface area contributed by atoms with Crippen LogP contribution in [-0.4, -0.2) is 45.4 Å². The molecule has 1 aromatic heterocycles. The fraction of sp³-hybridized carbons (Fsp3) is 0.261. The Morgan fingerprint density at radius 2 is 1.97 bits per heavy atom. The van der Waals surface area contributed by atoms with Crippen molar-refractivity contribution in [1.82, 2.24) is 10.6 Å². The summed E-state index contributed by atoms with van der Waals surface area (Å²) in [4.78, 5) is 37.1. The van der Waals surface area contributed by atoms with Gasteiger partial charge in [0.15, 0.2) is 0 Å². The lowest BCUT2D eigenvalue weighted by molar-refractivity contribution is -0.140. The van der Waals surface area contributed by atoms with Gasteiger partial charge in [-0.2, -0.15) is 0 Å². The van der Waals surface area contributed by atoms with Crippen LogP contribution in [0.4, 0.5) is 4.79 Å². The SMILES string of the molecule is CCOC(=O)C1=C(COC(=O)/C=C/c2ccc(OC)cc2OC)NC(=O)NC1c1ccco1. The first kappa shape index (κ1) is 23.5. The minimum atomic E-state index is -0.888. The van der Waals surface area contributed by atoms with Gasteiger partial charge in [-0.1, -0.05) is 0 Å². The summed E-state index contributed by atoms with van der Waals surface area (Å²) >= 11 is 0. The molecule has 1 atom stereocenters. The summed E-state index contributed by atoms with van der Waals surface area (Å²) in [5.74, 6) is 0.0977. The maximum Gasteiger partial charge on any atom is 0.338 e. The molecule has 2 amide bonds. The largest absolute Gasteiger partial charge is 0.497 e. The van der Waals surface area contributed by atoms with E-state index in [9.17, 15) is 14.4 Å². The van der Waals surface area contributed by atoms with Crippen molar-refractivity contribution >= 4 is 24.0 Å². The molecule has 0 spiro atoms. The van der Waals surface area contributed by atoms with Crippen molar-refractivity contribution < 1.29 is 37.7 Å². The highest BCUT2D eigenvalue weighted by molar-refractivity contribution is 5.95. The van der Waals surface area contributed by atoms with E-state index >= 15 is 0 Å². The monoisotopic (exact) mass is 456 g/mol. The molecule has 174 valence electrons. The Bertz CT molecular complexity index is 1070. The van der Waals surface area contributed by atoms with Gasteiger partial charge in [0.05, 0.1) is 38.4 Å². The number of hydrogen-bond donors (Lipinski definition) is 2. The predicted molar refractivity (Wildman–Crippen MR) is 116 cm³/mol. The maximum absolute atomic E-state index is 12.6. The molecule has 0 saturated carbocycles. The molecule has 3 rings (SSSR count). The number of carbonyl (C=O) groups excluding carboxylic acids is 3. The molecule has 0 fully saturated rings. The van der Waals surface area contributed by atoms with E-state index in [1.54, 1.807) is 37.3 Å². The topological polar surface area (TPSA) is 125 Å². The molecule has 2 aromatic rings. The first-order chi connectivity index (χ1) is 16.0. The lowest BCUT2D eigenvalue weighted by Gasteiger charge is -2.27. The molecule has 1 aliphatic rings. The number of carbonyl (C=O) groups is 3. The number of urea groups is 1. The van der Waals surface area contributed by atoms with Gasteiger partial charge in [-0.3, -0.25) is 0 Å². The van der Waals surface area contributed by atoms with Gasteiger partial charge in [0, 0.05) is 17.7 Å². The molecular weight excluding hydrogens is 432 g/mol. The molecule has 0 bridgehead atoms. The van der Waals surface area contributed by atoms with E-state index in [0.717, 1.165) is 0 Å². The standard InChI is InChI=1S/C23H24N2O8/c1-4-31-22(27)20-16(24-23(28)25-21(20)17-6-5-11-32-17)13-33-19(26)10-8-14-7-9-15(29-2)12-18(14)30-3/h5-12,21H,4,13H2,1-3H3,(H2,24,25,28)/b10-8+. The Morgan fingerprint density at radius 3 is 2.64 bits per heavy atom. The van der Waals surface area contributed by atoms with E-state index in [-0.39, 0.29) is 24.5 Å². The van der Waals surface area contributed by atoms with Crippen LogP contribution in [0.15, 0.2) is 58.4 Å². The van der Waals surface area contributed by atoms with Crippen LogP contribution in [-0.2, 0) is 19.1 Å².